The van der Waals surface area contributed by atoms with Gasteiger partial charge >= 0.3 is 5.97 Å². The zero-order valence-corrected chi connectivity index (χ0v) is 21.7. The van der Waals surface area contributed by atoms with Crippen LogP contribution in [-0.4, -0.2) is 70.4 Å². The van der Waals surface area contributed by atoms with Gasteiger partial charge in [-0.3, -0.25) is 14.4 Å². The van der Waals surface area contributed by atoms with Crippen LogP contribution >= 0.6 is 12.6 Å². The molecule has 11 nitrogen and oxygen atoms in total. The van der Waals surface area contributed by atoms with Gasteiger partial charge in [-0.05, 0) is 43.0 Å². The molecule has 3 amide bonds. The van der Waals surface area contributed by atoms with Gasteiger partial charge in [-0.2, -0.15) is 12.6 Å². The summed E-state index contributed by atoms with van der Waals surface area (Å²) in [5, 5.41) is 26.7. The molecule has 0 saturated carbocycles. The molecule has 36 heavy (non-hydrogen) atoms. The normalized spacial score (nSPS) is 15.1. The van der Waals surface area contributed by atoms with E-state index in [1.165, 1.54) is 12.1 Å². The molecule has 12 heteroatoms. The maximum absolute atomic E-state index is 13.1. The molecule has 0 fully saturated rings. The van der Waals surface area contributed by atoms with Gasteiger partial charge in [0.1, 0.15) is 23.9 Å². The number of thiol groups is 1. The number of hydrogen-bond acceptors (Lipinski definition) is 8. The number of carboxylic acid groups (broad SMARTS) is 1. The smallest absolute Gasteiger partial charge is 0.326 e. The second kappa shape index (κ2) is 16.0. The highest BCUT2D eigenvalue weighted by molar-refractivity contribution is 7.80. The lowest BCUT2D eigenvalue weighted by Crippen LogP contribution is -2.59. The average Bonchev–Trinajstić information content (AvgIpc) is 2.85. The van der Waals surface area contributed by atoms with Crippen LogP contribution in [0.3, 0.4) is 0 Å². The predicted octanol–water partition coefficient (Wildman–Crippen LogP) is -0.0941. The fourth-order valence-corrected chi connectivity index (χ4v) is 3.65. The molecule has 9 N–H and O–H groups in total. The molecule has 0 aliphatic carbocycles. The van der Waals surface area contributed by atoms with Crippen LogP contribution in [-0.2, 0) is 25.6 Å². The summed E-state index contributed by atoms with van der Waals surface area (Å²) in [5.74, 6) is -3.35. The third-order valence-corrected chi connectivity index (χ3v) is 6.27. The Morgan fingerprint density at radius 3 is 2.11 bits per heavy atom. The molecule has 0 aliphatic rings. The first-order valence-electron chi connectivity index (χ1n) is 12.0. The van der Waals surface area contributed by atoms with E-state index in [-0.39, 0.29) is 23.8 Å². The van der Waals surface area contributed by atoms with Gasteiger partial charge in [-0.25, -0.2) is 4.79 Å². The number of amides is 3. The third kappa shape index (κ3) is 10.4. The van der Waals surface area contributed by atoms with Crippen LogP contribution in [0.15, 0.2) is 24.3 Å². The molecule has 1 aromatic rings. The third-order valence-electron chi connectivity index (χ3n) is 5.91. The Bertz CT molecular complexity index is 869. The largest absolute Gasteiger partial charge is 0.508 e. The molecular formula is C24H39N5O6S. The summed E-state index contributed by atoms with van der Waals surface area (Å²) in [4.78, 5) is 50.2. The SMILES string of the molecule is CCC(C)C(NC(=O)C(CS)NC(=O)C(N)CCCCN)C(=O)NC(Cc1ccc(O)cc1)C(=O)O. The number of phenolic OH excluding ortho intramolecular Hbond substituents is 1. The molecular weight excluding hydrogens is 486 g/mol. The maximum Gasteiger partial charge on any atom is 0.326 e. The van der Waals surface area contributed by atoms with Crippen molar-refractivity contribution in [2.24, 2.45) is 17.4 Å². The quantitative estimate of drug-likeness (QED) is 0.108. The van der Waals surface area contributed by atoms with E-state index >= 15 is 0 Å². The Kier molecular flexibility index (Phi) is 13.9. The second-order valence-electron chi connectivity index (χ2n) is 8.78. The number of unbranched alkanes of at least 4 members (excludes halogenated alkanes) is 1. The fraction of sp³-hybridized carbons (Fsp3) is 0.583. The van der Waals surface area contributed by atoms with Crippen molar-refractivity contribution in [2.75, 3.05) is 12.3 Å². The van der Waals surface area contributed by atoms with Crippen molar-refractivity contribution in [3.63, 3.8) is 0 Å². The maximum atomic E-state index is 13.1. The van der Waals surface area contributed by atoms with E-state index in [9.17, 15) is 29.4 Å². The summed E-state index contributed by atoms with van der Waals surface area (Å²) in [6.45, 7) is 4.08. The Morgan fingerprint density at radius 1 is 0.972 bits per heavy atom. The van der Waals surface area contributed by atoms with Crippen LogP contribution in [0.25, 0.3) is 0 Å². The Morgan fingerprint density at radius 2 is 1.58 bits per heavy atom. The van der Waals surface area contributed by atoms with E-state index in [1.807, 2.05) is 6.92 Å². The predicted molar refractivity (Wildman–Crippen MR) is 139 cm³/mol. The summed E-state index contributed by atoms with van der Waals surface area (Å²) in [6, 6.07) is 1.84. The van der Waals surface area contributed by atoms with Crippen molar-refractivity contribution in [2.45, 2.75) is 70.1 Å². The number of phenols is 1. The van der Waals surface area contributed by atoms with Gasteiger partial charge in [-0.15, -0.1) is 0 Å². The minimum absolute atomic E-state index is 0.0140. The molecule has 0 spiro atoms. The summed E-state index contributed by atoms with van der Waals surface area (Å²) in [7, 11) is 0. The molecule has 0 aliphatic heterocycles. The molecule has 202 valence electrons. The second-order valence-corrected chi connectivity index (χ2v) is 9.14. The van der Waals surface area contributed by atoms with Gasteiger partial charge < -0.3 is 37.6 Å². The van der Waals surface area contributed by atoms with Crippen molar-refractivity contribution < 1.29 is 29.4 Å². The van der Waals surface area contributed by atoms with Gasteiger partial charge in [0, 0.05) is 12.2 Å². The highest BCUT2D eigenvalue weighted by atomic mass is 32.1. The van der Waals surface area contributed by atoms with E-state index in [0.29, 0.717) is 31.4 Å². The minimum atomic E-state index is -1.25. The van der Waals surface area contributed by atoms with Gasteiger partial charge in [0.25, 0.3) is 0 Å². The number of hydrogen-bond donors (Lipinski definition) is 8. The molecule has 0 saturated heterocycles. The van der Waals surface area contributed by atoms with E-state index in [4.69, 9.17) is 11.5 Å². The molecule has 5 atom stereocenters. The standard InChI is InChI=1S/C24H39N5O6S/c1-3-14(2)20(23(33)27-18(24(34)35)12-15-7-9-16(30)10-8-15)29-22(32)19(13-36)28-21(31)17(26)6-4-5-11-25/h7-10,14,17-20,30,36H,3-6,11-13,25-26H2,1-2H3,(H,27,33)(H,28,31)(H,29,32)(H,34,35). The number of carbonyl (C=O) groups excluding carboxylic acids is 3. The highest BCUT2D eigenvalue weighted by Gasteiger charge is 2.32. The Balaban J connectivity index is 2.89. The summed E-state index contributed by atoms with van der Waals surface area (Å²) in [5.41, 5.74) is 11.9. The molecule has 0 heterocycles. The highest BCUT2D eigenvalue weighted by Crippen LogP contribution is 2.13. The van der Waals surface area contributed by atoms with Crippen molar-refractivity contribution in [1.82, 2.24) is 16.0 Å². The van der Waals surface area contributed by atoms with Crippen LogP contribution in [0.1, 0.15) is 45.1 Å². The fourth-order valence-electron chi connectivity index (χ4n) is 3.40. The lowest BCUT2D eigenvalue weighted by atomic mass is 9.97. The number of nitrogens with two attached hydrogens (primary N) is 2. The molecule has 0 aromatic heterocycles. The molecule has 0 radical (unpaired) electrons. The number of carbonyl (C=O) groups is 4. The van der Waals surface area contributed by atoms with E-state index in [1.54, 1.807) is 19.1 Å². The molecule has 5 unspecified atom stereocenters. The van der Waals surface area contributed by atoms with Crippen molar-refractivity contribution in [3.05, 3.63) is 29.8 Å². The van der Waals surface area contributed by atoms with E-state index in [0.717, 1.165) is 6.42 Å². The van der Waals surface area contributed by atoms with Crippen molar-refractivity contribution >= 4 is 36.3 Å². The van der Waals surface area contributed by atoms with Crippen molar-refractivity contribution in [1.29, 1.82) is 0 Å². The zero-order chi connectivity index (χ0) is 27.3. The lowest BCUT2D eigenvalue weighted by Gasteiger charge is -2.27. The summed E-state index contributed by atoms with van der Waals surface area (Å²) >= 11 is 4.15. The summed E-state index contributed by atoms with van der Waals surface area (Å²) < 4.78 is 0. The van der Waals surface area contributed by atoms with Crippen LogP contribution in [0.5, 0.6) is 5.75 Å². The molecule has 1 aromatic carbocycles. The number of nitrogens with one attached hydrogen (secondary N) is 3. The van der Waals surface area contributed by atoms with Gasteiger partial charge in [-0.1, -0.05) is 38.8 Å². The number of rotatable bonds is 16. The number of benzene rings is 1. The van der Waals surface area contributed by atoms with Crippen LogP contribution in [0.2, 0.25) is 0 Å². The first kappa shape index (κ1) is 31.2. The lowest BCUT2D eigenvalue weighted by molar-refractivity contribution is -0.142. The zero-order valence-electron chi connectivity index (χ0n) is 20.8. The molecule has 0 bridgehead atoms. The van der Waals surface area contributed by atoms with E-state index in [2.05, 4.69) is 28.6 Å². The first-order chi connectivity index (χ1) is 17.0. The van der Waals surface area contributed by atoms with Gasteiger partial charge in [0.05, 0.1) is 6.04 Å². The first-order valence-corrected chi connectivity index (χ1v) is 12.7. The Labute approximate surface area is 217 Å². The number of aromatic hydroxyl groups is 1. The molecule has 1 rings (SSSR count). The number of carboxylic acids is 1. The number of aliphatic carboxylic acids is 1. The van der Waals surface area contributed by atoms with Crippen LogP contribution in [0, 0.1) is 5.92 Å². The minimum Gasteiger partial charge on any atom is -0.508 e. The average molecular weight is 526 g/mol. The monoisotopic (exact) mass is 525 g/mol. The van der Waals surface area contributed by atoms with Crippen LogP contribution < -0.4 is 27.4 Å². The topological polar surface area (TPSA) is 197 Å². The van der Waals surface area contributed by atoms with Gasteiger partial charge in [0.2, 0.25) is 17.7 Å². The Hall–Kier alpha value is -2.83. The van der Waals surface area contributed by atoms with Crippen LogP contribution in [0.4, 0.5) is 0 Å². The van der Waals surface area contributed by atoms with Gasteiger partial charge in [0.15, 0.2) is 0 Å². The van der Waals surface area contributed by atoms with Crippen molar-refractivity contribution in [3.8, 4) is 5.75 Å². The van der Waals surface area contributed by atoms with E-state index < -0.39 is 47.9 Å². The summed E-state index contributed by atoms with van der Waals surface area (Å²) in [6.07, 6.45) is 2.33.